The van der Waals surface area contributed by atoms with Crippen LogP contribution in [0.3, 0.4) is 0 Å². The second kappa shape index (κ2) is 11.7. The number of piperidine rings is 1. The molecule has 0 radical (unpaired) electrons. The van der Waals surface area contributed by atoms with Gasteiger partial charge in [-0.2, -0.15) is 0 Å². The number of ether oxygens (including phenoxy) is 1. The number of nitrogens with one attached hydrogen (secondary N) is 1. The molecule has 0 aromatic heterocycles. The van der Waals surface area contributed by atoms with Crippen molar-refractivity contribution >= 4 is 11.7 Å². The van der Waals surface area contributed by atoms with E-state index >= 15 is 0 Å². The topological polar surface area (TPSA) is 41.6 Å². The summed E-state index contributed by atoms with van der Waals surface area (Å²) in [6, 6.07) is 38.4. The van der Waals surface area contributed by atoms with Gasteiger partial charge in [0.2, 0.25) is 0 Å². The van der Waals surface area contributed by atoms with Crippen LogP contribution in [0.2, 0.25) is 0 Å². The third-order valence-corrected chi connectivity index (χ3v) is 7.54. The highest BCUT2D eigenvalue weighted by atomic mass is 16.5. The molecule has 1 saturated heterocycles. The number of hydrogen-bond donors (Lipinski definition) is 1. The first-order valence-corrected chi connectivity index (χ1v) is 13.6. The van der Waals surface area contributed by atoms with Crippen molar-refractivity contribution in [1.29, 1.82) is 0 Å². The number of aryl methyl sites for hydroxylation is 1. The van der Waals surface area contributed by atoms with E-state index in [9.17, 15) is 4.79 Å². The third-order valence-electron chi connectivity index (χ3n) is 7.54. The quantitative estimate of drug-likeness (QED) is 0.206. The Balaban J connectivity index is 1.60. The molecule has 0 aliphatic carbocycles. The number of anilines is 1. The Labute approximate surface area is 226 Å². The fourth-order valence-electron chi connectivity index (χ4n) is 5.72. The molecule has 4 aromatic carbocycles. The standard InChI is InChI=1S/C34H36N2O2/c1-3-38-33(37)31-23-22-30(25-26(31)2)36-24-14-13-21-32(36)35-34(27-15-7-4-8-16-27,28-17-9-5-10-18-28)29-19-11-6-12-20-29/h4-12,15-20,22-23,25,32,35H,3,13-14,21,24H2,1-2H3/t32-/m0/s1. The summed E-state index contributed by atoms with van der Waals surface area (Å²) in [6.07, 6.45) is 3.40. The molecule has 1 N–H and O–H groups in total. The predicted molar refractivity (Wildman–Crippen MR) is 154 cm³/mol. The Morgan fingerprint density at radius 1 is 0.842 bits per heavy atom. The molecular weight excluding hydrogens is 468 g/mol. The zero-order valence-corrected chi connectivity index (χ0v) is 22.3. The second-order valence-corrected chi connectivity index (χ2v) is 9.92. The summed E-state index contributed by atoms with van der Waals surface area (Å²) in [7, 11) is 0. The molecule has 4 heteroatoms. The number of carbonyl (C=O) groups excluding carboxylic acids is 1. The van der Waals surface area contributed by atoms with Crippen molar-refractivity contribution in [2.75, 3.05) is 18.1 Å². The van der Waals surface area contributed by atoms with Gasteiger partial charge in [0, 0.05) is 12.2 Å². The summed E-state index contributed by atoms with van der Waals surface area (Å²) in [5.41, 5.74) is 5.76. The van der Waals surface area contributed by atoms with Crippen LogP contribution in [0.5, 0.6) is 0 Å². The van der Waals surface area contributed by atoms with Gasteiger partial charge in [-0.3, -0.25) is 5.32 Å². The minimum atomic E-state index is -0.538. The van der Waals surface area contributed by atoms with Crippen molar-refractivity contribution in [1.82, 2.24) is 5.32 Å². The number of esters is 1. The highest BCUT2D eigenvalue weighted by Crippen LogP contribution is 2.39. The molecule has 0 saturated carbocycles. The van der Waals surface area contributed by atoms with E-state index in [1.165, 1.54) is 16.7 Å². The smallest absolute Gasteiger partial charge is 0.338 e. The molecule has 4 nitrogen and oxygen atoms in total. The maximum Gasteiger partial charge on any atom is 0.338 e. The number of hydrogen-bond acceptors (Lipinski definition) is 4. The molecule has 1 atom stereocenters. The normalized spacial score (nSPS) is 15.7. The Kier molecular flexibility index (Phi) is 7.90. The number of rotatable bonds is 8. The highest BCUT2D eigenvalue weighted by Gasteiger charge is 2.40. The summed E-state index contributed by atoms with van der Waals surface area (Å²) in [5, 5.41) is 4.18. The minimum absolute atomic E-state index is 0.0946. The number of carbonyl (C=O) groups is 1. The summed E-state index contributed by atoms with van der Waals surface area (Å²) in [5.74, 6) is -0.263. The lowest BCUT2D eigenvalue weighted by Crippen LogP contribution is -2.58. The molecule has 4 aromatic rings. The third kappa shape index (κ3) is 5.09. The first kappa shape index (κ1) is 25.7. The first-order chi connectivity index (χ1) is 18.6. The zero-order chi connectivity index (χ0) is 26.4. The second-order valence-electron chi connectivity index (χ2n) is 9.92. The van der Waals surface area contributed by atoms with Crippen molar-refractivity contribution in [3.63, 3.8) is 0 Å². The molecule has 0 spiro atoms. The highest BCUT2D eigenvalue weighted by molar-refractivity contribution is 5.91. The van der Waals surface area contributed by atoms with Crippen molar-refractivity contribution in [3.8, 4) is 0 Å². The average molecular weight is 505 g/mol. The van der Waals surface area contributed by atoms with Crippen molar-refractivity contribution in [3.05, 3.63) is 137 Å². The molecule has 194 valence electrons. The molecule has 0 unspecified atom stereocenters. The van der Waals surface area contributed by atoms with Crippen LogP contribution in [0.25, 0.3) is 0 Å². The van der Waals surface area contributed by atoms with Gasteiger partial charge in [-0.25, -0.2) is 4.79 Å². The fourth-order valence-corrected chi connectivity index (χ4v) is 5.72. The molecular formula is C34H36N2O2. The summed E-state index contributed by atoms with van der Waals surface area (Å²) < 4.78 is 5.26. The summed E-state index contributed by atoms with van der Waals surface area (Å²) in [4.78, 5) is 14.9. The van der Waals surface area contributed by atoms with E-state index in [1.54, 1.807) is 0 Å². The van der Waals surface area contributed by atoms with Crippen LogP contribution in [0, 0.1) is 6.92 Å². The van der Waals surface area contributed by atoms with Gasteiger partial charge in [0.25, 0.3) is 0 Å². The Morgan fingerprint density at radius 2 is 1.39 bits per heavy atom. The predicted octanol–water partition coefficient (Wildman–Crippen LogP) is 7.07. The number of nitrogens with zero attached hydrogens (tertiary/aromatic N) is 1. The lowest BCUT2D eigenvalue weighted by Gasteiger charge is -2.46. The summed E-state index contributed by atoms with van der Waals surface area (Å²) in [6.45, 7) is 5.15. The van der Waals surface area contributed by atoms with E-state index in [2.05, 4.69) is 113 Å². The lowest BCUT2D eigenvalue weighted by molar-refractivity contribution is 0.0525. The first-order valence-electron chi connectivity index (χ1n) is 13.6. The van der Waals surface area contributed by atoms with Crippen LogP contribution >= 0.6 is 0 Å². The Morgan fingerprint density at radius 3 is 1.89 bits per heavy atom. The largest absolute Gasteiger partial charge is 0.462 e. The van der Waals surface area contributed by atoms with Crippen LogP contribution in [0.1, 0.15) is 58.8 Å². The average Bonchev–Trinajstić information content (AvgIpc) is 2.97. The van der Waals surface area contributed by atoms with Gasteiger partial charge >= 0.3 is 5.97 Å². The lowest BCUT2D eigenvalue weighted by atomic mass is 9.76. The molecule has 38 heavy (non-hydrogen) atoms. The van der Waals surface area contributed by atoms with E-state index < -0.39 is 5.54 Å². The van der Waals surface area contributed by atoms with E-state index in [-0.39, 0.29) is 12.1 Å². The Bertz CT molecular complexity index is 1240. The van der Waals surface area contributed by atoms with Crippen LogP contribution in [-0.2, 0) is 10.3 Å². The molecule has 0 amide bonds. The Hall–Kier alpha value is -3.89. The van der Waals surface area contributed by atoms with Crippen LogP contribution in [0.15, 0.2) is 109 Å². The molecule has 1 heterocycles. The maximum atomic E-state index is 12.4. The van der Waals surface area contributed by atoms with Crippen LogP contribution < -0.4 is 10.2 Å². The van der Waals surface area contributed by atoms with E-state index in [4.69, 9.17) is 4.74 Å². The van der Waals surface area contributed by atoms with Gasteiger partial charge in [0.05, 0.1) is 23.9 Å². The van der Waals surface area contributed by atoms with Crippen molar-refractivity contribution in [2.24, 2.45) is 0 Å². The van der Waals surface area contributed by atoms with E-state index in [0.29, 0.717) is 12.2 Å². The van der Waals surface area contributed by atoms with Crippen molar-refractivity contribution in [2.45, 2.75) is 44.8 Å². The molecule has 1 aliphatic rings. The van der Waals surface area contributed by atoms with Crippen LogP contribution in [0.4, 0.5) is 5.69 Å². The monoisotopic (exact) mass is 504 g/mol. The zero-order valence-electron chi connectivity index (χ0n) is 22.3. The molecule has 1 fully saturated rings. The summed E-state index contributed by atoms with van der Waals surface area (Å²) >= 11 is 0. The minimum Gasteiger partial charge on any atom is -0.462 e. The van der Waals surface area contributed by atoms with Gasteiger partial charge in [-0.1, -0.05) is 91.0 Å². The van der Waals surface area contributed by atoms with Gasteiger partial charge in [-0.05, 0) is 73.6 Å². The molecule has 0 bridgehead atoms. The van der Waals surface area contributed by atoms with Gasteiger partial charge in [0.1, 0.15) is 0 Å². The molecule has 1 aliphatic heterocycles. The van der Waals surface area contributed by atoms with Gasteiger partial charge in [-0.15, -0.1) is 0 Å². The van der Waals surface area contributed by atoms with Crippen molar-refractivity contribution < 1.29 is 9.53 Å². The SMILES string of the molecule is CCOC(=O)c1ccc(N2CCCC[C@H]2NC(c2ccccc2)(c2ccccc2)c2ccccc2)cc1C. The molecule has 5 rings (SSSR count). The van der Waals surface area contributed by atoms with E-state index in [0.717, 1.165) is 37.1 Å². The van der Waals surface area contributed by atoms with Crippen LogP contribution in [-0.4, -0.2) is 25.3 Å². The maximum absolute atomic E-state index is 12.4. The van der Waals surface area contributed by atoms with E-state index in [1.807, 2.05) is 19.9 Å². The van der Waals surface area contributed by atoms with Gasteiger partial charge < -0.3 is 9.64 Å². The fraction of sp³-hybridized carbons (Fsp3) is 0.265. The number of benzene rings is 4. The van der Waals surface area contributed by atoms with Gasteiger partial charge in [0.15, 0.2) is 0 Å².